The van der Waals surface area contributed by atoms with E-state index in [1.165, 1.54) is 24.8 Å². The second kappa shape index (κ2) is 2.85. The summed E-state index contributed by atoms with van der Waals surface area (Å²) in [6, 6.07) is 1.42. The molecule has 0 saturated carbocycles. The Balaban J connectivity index is 2.25. The molecule has 1 aromatic heterocycles. The molecule has 0 atom stereocenters. The Kier molecular flexibility index (Phi) is 1.96. The standard InChI is InChI=1S/C8H14N2SSi/c1-12(2)5-3-4-10(12)8-6-11-7-9-8/h6-7H,3-5H2,1-2H3. The highest BCUT2D eigenvalue weighted by molar-refractivity contribution is 7.08. The van der Waals surface area contributed by atoms with Crippen LogP contribution in [0.15, 0.2) is 10.9 Å². The molecule has 0 bridgehead atoms. The first kappa shape index (κ1) is 8.25. The quantitative estimate of drug-likeness (QED) is 0.645. The van der Waals surface area contributed by atoms with Gasteiger partial charge in [-0.2, -0.15) is 0 Å². The lowest BCUT2D eigenvalue weighted by Gasteiger charge is -2.29. The highest BCUT2D eigenvalue weighted by Gasteiger charge is 2.35. The molecular weight excluding hydrogens is 184 g/mol. The van der Waals surface area contributed by atoms with Crippen LogP contribution in [0.25, 0.3) is 0 Å². The van der Waals surface area contributed by atoms with Gasteiger partial charge < -0.3 is 4.57 Å². The molecule has 0 aromatic carbocycles. The van der Waals surface area contributed by atoms with E-state index in [4.69, 9.17) is 0 Å². The zero-order chi connectivity index (χ0) is 8.60. The molecule has 1 aromatic rings. The van der Waals surface area contributed by atoms with Gasteiger partial charge in [-0.1, -0.05) is 13.1 Å². The van der Waals surface area contributed by atoms with Crippen LogP contribution in [0.2, 0.25) is 19.1 Å². The zero-order valence-electron chi connectivity index (χ0n) is 7.58. The molecule has 66 valence electrons. The Labute approximate surface area is 78.3 Å². The summed E-state index contributed by atoms with van der Waals surface area (Å²) < 4.78 is 2.55. The van der Waals surface area contributed by atoms with Crippen LogP contribution in [0.1, 0.15) is 6.42 Å². The fourth-order valence-electron chi connectivity index (χ4n) is 1.87. The summed E-state index contributed by atoms with van der Waals surface area (Å²) in [7, 11) is -1.10. The average Bonchev–Trinajstić information content (AvgIpc) is 2.55. The van der Waals surface area contributed by atoms with Crippen LogP contribution in [-0.2, 0) is 0 Å². The fourth-order valence-corrected chi connectivity index (χ4v) is 5.30. The molecule has 1 saturated heterocycles. The highest BCUT2D eigenvalue weighted by Crippen LogP contribution is 2.30. The van der Waals surface area contributed by atoms with Crippen molar-refractivity contribution in [1.82, 2.24) is 4.98 Å². The van der Waals surface area contributed by atoms with E-state index >= 15 is 0 Å². The molecule has 1 fully saturated rings. The van der Waals surface area contributed by atoms with Crippen LogP contribution in [-0.4, -0.2) is 19.8 Å². The van der Waals surface area contributed by atoms with Gasteiger partial charge in [0.1, 0.15) is 5.82 Å². The Bertz CT molecular complexity index is 258. The third kappa shape index (κ3) is 1.29. The summed E-state index contributed by atoms with van der Waals surface area (Å²) in [6.07, 6.45) is 1.36. The van der Waals surface area contributed by atoms with E-state index in [0.717, 1.165) is 0 Å². The molecule has 0 amide bonds. The molecule has 1 aliphatic heterocycles. The maximum Gasteiger partial charge on any atom is 0.152 e. The first-order chi connectivity index (χ1) is 5.70. The average molecular weight is 198 g/mol. The summed E-state index contributed by atoms with van der Waals surface area (Å²) in [5.41, 5.74) is 1.93. The SMILES string of the molecule is C[Si]1(C)CCCN1c1cscn1. The van der Waals surface area contributed by atoms with Crippen molar-refractivity contribution in [3.8, 4) is 0 Å². The molecule has 0 spiro atoms. The predicted molar refractivity (Wildman–Crippen MR) is 56.4 cm³/mol. The number of hydrogen-bond acceptors (Lipinski definition) is 3. The number of anilines is 1. The van der Waals surface area contributed by atoms with E-state index in [1.54, 1.807) is 11.3 Å². The van der Waals surface area contributed by atoms with Gasteiger partial charge in [-0.3, -0.25) is 0 Å². The van der Waals surface area contributed by atoms with Crippen molar-refractivity contribution in [2.24, 2.45) is 0 Å². The van der Waals surface area contributed by atoms with Gasteiger partial charge in [0.15, 0.2) is 8.24 Å². The summed E-state index contributed by atoms with van der Waals surface area (Å²) in [6.45, 7) is 6.08. The van der Waals surface area contributed by atoms with Crippen molar-refractivity contribution in [2.45, 2.75) is 25.6 Å². The molecule has 0 radical (unpaired) electrons. The van der Waals surface area contributed by atoms with Crippen molar-refractivity contribution in [3.05, 3.63) is 10.9 Å². The topological polar surface area (TPSA) is 16.1 Å². The van der Waals surface area contributed by atoms with Gasteiger partial charge in [0, 0.05) is 11.9 Å². The molecule has 1 aliphatic rings. The van der Waals surface area contributed by atoms with Gasteiger partial charge in [-0.15, -0.1) is 11.3 Å². The van der Waals surface area contributed by atoms with Crippen molar-refractivity contribution in [3.63, 3.8) is 0 Å². The minimum atomic E-state index is -1.10. The van der Waals surface area contributed by atoms with Gasteiger partial charge in [0.2, 0.25) is 0 Å². The lowest BCUT2D eigenvalue weighted by atomic mass is 10.5. The first-order valence-corrected chi connectivity index (χ1v) is 8.46. The van der Waals surface area contributed by atoms with E-state index in [1.807, 2.05) is 5.51 Å². The third-order valence-electron chi connectivity index (χ3n) is 2.60. The summed E-state index contributed by atoms with van der Waals surface area (Å²) in [5.74, 6) is 1.22. The van der Waals surface area contributed by atoms with Gasteiger partial charge in [0.05, 0.1) is 5.51 Å². The Morgan fingerprint density at radius 3 is 2.92 bits per heavy atom. The fraction of sp³-hybridized carbons (Fsp3) is 0.625. The molecular formula is C8H14N2SSi. The molecule has 0 unspecified atom stereocenters. The number of nitrogens with zero attached hydrogens (tertiary/aromatic N) is 2. The van der Waals surface area contributed by atoms with Crippen molar-refractivity contribution >= 4 is 25.4 Å². The van der Waals surface area contributed by atoms with E-state index in [2.05, 4.69) is 28.0 Å². The van der Waals surface area contributed by atoms with Crippen LogP contribution in [0.4, 0.5) is 5.82 Å². The number of hydrogen-bond donors (Lipinski definition) is 0. The largest absolute Gasteiger partial charge is 0.383 e. The molecule has 12 heavy (non-hydrogen) atoms. The van der Waals surface area contributed by atoms with Crippen LogP contribution in [0.3, 0.4) is 0 Å². The van der Waals surface area contributed by atoms with Crippen molar-refractivity contribution < 1.29 is 0 Å². The Morgan fingerprint density at radius 2 is 2.42 bits per heavy atom. The summed E-state index contributed by atoms with van der Waals surface area (Å²) in [4.78, 5) is 4.37. The lowest BCUT2D eigenvalue weighted by molar-refractivity contribution is 0.971. The minimum absolute atomic E-state index is 1.10. The highest BCUT2D eigenvalue weighted by atomic mass is 32.1. The maximum absolute atomic E-state index is 4.37. The first-order valence-electron chi connectivity index (χ1n) is 4.36. The van der Waals surface area contributed by atoms with Gasteiger partial charge in [-0.05, 0) is 12.5 Å². The molecule has 0 N–H and O–H groups in total. The van der Waals surface area contributed by atoms with Gasteiger partial charge in [-0.25, -0.2) is 4.98 Å². The molecule has 2 nitrogen and oxygen atoms in total. The van der Waals surface area contributed by atoms with E-state index in [-0.39, 0.29) is 0 Å². The minimum Gasteiger partial charge on any atom is -0.383 e. The Hall–Kier alpha value is -0.353. The van der Waals surface area contributed by atoms with Gasteiger partial charge in [0.25, 0.3) is 0 Å². The second-order valence-electron chi connectivity index (χ2n) is 3.91. The van der Waals surface area contributed by atoms with Crippen molar-refractivity contribution in [2.75, 3.05) is 11.1 Å². The number of thiazole rings is 1. The number of aromatic nitrogens is 1. The van der Waals surface area contributed by atoms with E-state index < -0.39 is 8.24 Å². The summed E-state index contributed by atoms with van der Waals surface area (Å²) in [5, 5.41) is 2.17. The van der Waals surface area contributed by atoms with E-state index in [9.17, 15) is 0 Å². The van der Waals surface area contributed by atoms with Crippen LogP contribution in [0, 0.1) is 0 Å². The molecule has 2 rings (SSSR count). The normalized spacial score (nSPS) is 21.7. The smallest absolute Gasteiger partial charge is 0.152 e. The van der Waals surface area contributed by atoms with Crippen LogP contribution < -0.4 is 4.57 Å². The lowest BCUT2D eigenvalue weighted by Crippen LogP contribution is -2.43. The summed E-state index contributed by atoms with van der Waals surface area (Å²) >= 11 is 1.70. The predicted octanol–water partition coefficient (Wildman–Crippen LogP) is 2.56. The van der Waals surface area contributed by atoms with E-state index in [0.29, 0.717) is 0 Å². The molecule has 4 heteroatoms. The van der Waals surface area contributed by atoms with Crippen LogP contribution >= 0.6 is 11.3 Å². The maximum atomic E-state index is 4.37. The van der Waals surface area contributed by atoms with Crippen LogP contribution in [0.5, 0.6) is 0 Å². The Morgan fingerprint density at radius 1 is 1.58 bits per heavy atom. The number of rotatable bonds is 1. The van der Waals surface area contributed by atoms with Crippen molar-refractivity contribution in [1.29, 1.82) is 0 Å². The molecule has 2 heterocycles. The monoisotopic (exact) mass is 198 g/mol. The second-order valence-corrected chi connectivity index (χ2v) is 9.30. The zero-order valence-corrected chi connectivity index (χ0v) is 9.40. The molecule has 0 aliphatic carbocycles. The van der Waals surface area contributed by atoms with Gasteiger partial charge >= 0.3 is 0 Å². The third-order valence-corrected chi connectivity index (χ3v) is 6.66.